The molecule has 0 radical (unpaired) electrons. The van der Waals surface area contributed by atoms with Gasteiger partial charge in [0.15, 0.2) is 17.1 Å². The Labute approximate surface area is 229 Å². The Morgan fingerprint density at radius 3 is 2.12 bits per heavy atom. The van der Waals surface area contributed by atoms with Gasteiger partial charge in [-0.05, 0) is 44.2 Å². The summed E-state index contributed by atoms with van der Waals surface area (Å²) >= 11 is 0. The lowest BCUT2D eigenvalue weighted by Gasteiger charge is -2.15. The number of rotatable bonds is 5. The van der Waals surface area contributed by atoms with Crippen LogP contribution in [0.25, 0.3) is 28.8 Å². The molecule has 6 rings (SSSR count). The maximum Gasteiger partial charge on any atom is 0.266 e. The molecule has 0 saturated carbocycles. The first-order chi connectivity index (χ1) is 19.0. The maximum atomic E-state index is 12.8. The minimum Gasteiger partial charge on any atom is -0.280 e. The molecule has 1 aliphatic heterocycles. The second-order valence-electron chi connectivity index (χ2n) is 10.7. The molecule has 40 heavy (non-hydrogen) atoms. The maximum absolute atomic E-state index is 12.8. The van der Waals surface area contributed by atoms with Gasteiger partial charge in [-0.15, -0.1) is 14.8 Å². The molecular formula is C29H27N9O2. The number of aryl methyl sites for hydroxylation is 2. The van der Waals surface area contributed by atoms with Gasteiger partial charge in [0.25, 0.3) is 11.8 Å². The minimum atomic E-state index is -0.433. The van der Waals surface area contributed by atoms with Gasteiger partial charge in [-0.25, -0.2) is 14.9 Å². The van der Waals surface area contributed by atoms with Crippen molar-refractivity contribution in [3.05, 3.63) is 88.7 Å². The van der Waals surface area contributed by atoms with Crippen molar-refractivity contribution in [2.45, 2.75) is 40.0 Å². The molecule has 0 atom stereocenters. The number of carbonyl (C=O) groups excluding carboxylic acids is 2. The van der Waals surface area contributed by atoms with Gasteiger partial charge in [-0.2, -0.15) is 9.73 Å². The first-order valence-electron chi connectivity index (χ1n) is 12.7. The lowest BCUT2D eigenvalue weighted by Crippen LogP contribution is -2.31. The quantitative estimate of drug-likeness (QED) is 0.344. The van der Waals surface area contributed by atoms with Crippen molar-refractivity contribution in [2.75, 3.05) is 4.90 Å². The van der Waals surface area contributed by atoms with E-state index in [4.69, 9.17) is 10.1 Å². The van der Waals surface area contributed by atoms with Crippen molar-refractivity contribution in [3.63, 3.8) is 0 Å². The molecule has 11 heteroatoms. The van der Waals surface area contributed by atoms with Crippen LogP contribution < -0.4 is 10.1 Å². The van der Waals surface area contributed by atoms with Crippen molar-refractivity contribution in [3.8, 4) is 11.4 Å². The molecule has 1 N–H and O–H groups in total. The number of fused-ring (bicyclic) bond motifs is 2. The van der Waals surface area contributed by atoms with Crippen molar-refractivity contribution in [2.24, 2.45) is 0 Å². The fourth-order valence-corrected chi connectivity index (χ4v) is 4.93. The number of anilines is 1. The second-order valence-corrected chi connectivity index (χ2v) is 10.7. The van der Waals surface area contributed by atoms with Gasteiger partial charge in [-0.3, -0.25) is 14.7 Å². The van der Waals surface area contributed by atoms with Gasteiger partial charge in [0, 0.05) is 27.5 Å². The Balaban J connectivity index is 1.43. The average Bonchev–Trinajstić information content (AvgIpc) is 3.67. The molecule has 0 unspecified atom stereocenters. The van der Waals surface area contributed by atoms with E-state index in [9.17, 15) is 9.59 Å². The fraction of sp³-hybridized carbons (Fsp3) is 0.207. The fourth-order valence-electron chi connectivity index (χ4n) is 4.93. The van der Waals surface area contributed by atoms with Crippen LogP contribution in [0.1, 0.15) is 43.5 Å². The van der Waals surface area contributed by atoms with E-state index in [2.05, 4.69) is 54.2 Å². The summed E-state index contributed by atoms with van der Waals surface area (Å²) in [6.07, 6.45) is 4.79. The predicted molar refractivity (Wildman–Crippen MR) is 150 cm³/mol. The lowest BCUT2D eigenvalue weighted by atomic mass is 9.91. The number of hydrogen-bond donors (Lipinski definition) is 1. The number of benzene rings is 1. The highest BCUT2D eigenvalue weighted by molar-refractivity contribution is 6.34. The number of aromatic nitrogens is 8. The molecule has 4 aromatic heterocycles. The van der Waals surface area contributed by atoms with Crippen LogP contribution in [0.4, 0.5) is 5.69 Å². The van der Waals surface area contributed by atoms with Crippen LogP contribution in [0.2, 0.25) is 0 Å². The molecule has 0 saturated heterocycles. The van der Waals surface area contributed by atoms with Crippen LogP contribution in [0.3, 0.4) is 0 Å². The molecule has 1 aliphatic rings. The van der Waals surface area contributed by atoms with Crippen molar-refractivity contribution in [1.29, 1.82) is 0 Å². The molecule has 5 aromatic rings. The Kier molecular flexibility index (Phi) is 5.44. The van der Waals surface area contributed by atoms with Gasteiger partial charge in [0.2, 0.25) is 0 Å². The molecule has 200 valence electrons. The van der Waals surface area contributed by atoms with Crippen molar-refractivity contribution in [1.82, 2.24) is 39.6 Å². The Hall–Kier alpha value is -5.19. The standard InChI is InChI=1S/C29H27N9O2/c1-8-19-20(9-2)28(40)36(27(19)39)18-12-10-17(11-13-18)24-31-26-22(23(29(5,6)7)34-38(26)35-24)14-21-15(3)32-37-25(21)30-16(4)33-37/h8-14,32H,1-2H2,3-7H3. The summed E-state index contributed by atoms with van der Waals surface area (Å²) in [5.41, 5.74) is 5.37. The highest BCUT2D eigenvalue weighted by atomic mass is 16.2. The SMILES string of the molecule is C=CC1=C(C=C)C(=O)N(c2ccc(-c3nc4c(=Cc5c(C)[nH]n6nc(C)nc56)c(C(C)(C)C)nn4n3)cc2)C1=O. The summed E-state index contributed by atoms with van der Waals surface area (Å²) in [4.78, 5) is 36.2. The second kappa shape index (κ2) is 8.67. The van der Waals surface area contributed by atoms with Crippen LogP contribution >= 0.6 is 0 Å². The van der Waals surface area contributed by atoms with Crippen LogP contribution in [0.5, 0.6) is 0 Å². The molecule has 0 aliphatic carbocycles. The highest BCUT2D eigenvalue weighted by Gasteiger charge is 2.36. The van der Waals surface area contributed by atoms with E-state index in [0.717, 1.165) is 32.7 Å². The van der Waals surface area contributed by atoms with Crippen molar-refractivity contribution >= 4 is 34.9 Å². The largest absolute Gasteiger partial charge is 0.280 e. The summed E-state index contributed by atoms with van der Waals surface area (Å²) in [6, 6.07) is 6.93. The van der Waals surface area contributed by atoms with E-state index in [0.29, 0.717) is 28.5 Å². The monoisotopic (exact) mass is 533 g/mol. The zero-order valence-electron chi connectivity index (χ0n) is 22.8. The smallest absolute Gasteiger partial charge is 0.266 e. The summed E-state index contributed by atoms with van der Waals surface area (Å²) < 4.78 is 3.22. The van der Waals surface area contributed by atoms with Crippen LogP contribution in [0.15, 0.2) is 60.7 Å². The Morgan fingerprint density at radius 2 is 1.52 bits per heavy atom. The van der Waals surface area contributed by atoms with Gasteiger partial charge in [0.1, 0.15) is 5.82 Å². The van der Waals surface area contributed by atoms with E-state index in [1.165, 1.54) is 12.2 Å². The molecule has 1 aromatic carbocycles. The summed E-state index contributed by atoms with van der Waals surface area (Å²) in [6.45, 7) is 17.4. The molecule has 0 spiro atoms. The Morgan fingerprint density at radius 1 is 0.875 bits per heavy atom. The van der Waals surface area contributed by atoms with Crippen LogP contribution in [-0.4, -0.2) is 51.4 Å². The first-order valence-corrected chi connectivity index (χ1v) is 12.7. The number of imide groups is 1. The van der Waals surface area contributed by atoms with Crippen LogP contribution in [-0.2, 0) is 15.0 Å². The molecule has 5 heterocycles. The molecule has 0 fully saturated rings. The number of H-pyrrole nitrogens is 1. The first kappa shape index (κ1) is 25.1. The summed E-state index contributed by atoms with van der Waals surface area (Å²) in [5, 5.41) is 17.9. The van der Waals surface area contributed by atoms with E-state index in [1.807, 2.05) is 19.9 Å². The Bertz CT molecular complexity index is 1950. The third kappa shape index (κ3) is 3.69. The number of hydrogen-bond acceptors (Lipinski definition) is 7. The topological polar surface area (TPSA) is 126 Å². The third-order valence-electron chi connectivity index (χ3n) is 6.86. The predicted octanol–water partition coefficient (Wildman–Crippen LogP) is 3.17. The van der Waals surface area contributed by atoms with E-state index in [-0.39, 0.29) is 16.6 Å². The van der Waals surface area contributed by atoms with Crippen LogP contribution in [0, 0.1) is 13.8 Å². The number of amides is 2. The summed E-state index contributed by atoms with van der Waals surface area (Å²) in [5.74, 6) is 0.273. The summed E-state index contributed by atoms with van der Waals surface area (Å²) in [7, 11) is 0. The lowest BCUT2D eigenvalue weighted by molar-refractivity contribution is -0.120. The molecule has 2 amide bonds. The van der Waals surface area contributed by atoms with Gasteiger partial charge < -0.3 is 0 Å². The highest BCUT2D eigenvalue weighted by Crippen LogP contribution is 2.30. The molecular weight excluding hydrogens is 506 g/mol. The average molecular weight is 534 g/mol. The van der Waals surface area contributed by atoms with Gasteiger partial charge in [-0.1, -0.05) is 46.1 Å². The normalized spacial score (nSPS) is 14.9. The molecule has 11 nitrogen and oxygen atoms in total. The van der Waals surface area contributed by atoms with E-state index >= 15 is 0 Å². The van der Waals surface area contributed by atoms with Crippen molar-refractivity contribution < 1.29 is 9.59 Å². The molecule has 0 bridgehead atoms. The third-order valence-corrected chi connectivity index (χ3v) is 6.86. The van der Waals surface area contributed by atoms with E-state index in [1.54, 1.807) is 33.5 Å². The van der Waals surface area contributed by atoms with E-state index < -0.39 is 11.8 Å². The number of nitrogens with zero attached hydrogens (tertiary/aromatic N) is 8. The number of carbonyl (C=O) groups is 2. The van der Waals surface area contributed by atoms with Gasteiger partial charge >= 0.3 is 0 Å². The number of nitrogens with one attached hydrogen (secondary N) is 1. The zero-order valence-corrected chi connectivity index (χ0v) is 22.8. The van der Waals surface area contributed by atoms with Gasteiger partial charge in [0.05, 0.1) is 22.5 Å². The minimum absolute atomic E-state index is 0.235. The zero-order chi connectivity index (χ0) is 28.5. The number of aromatic amines is 1.